The molecule has 2 heterocycles. The van der Waals surface area contributed by atoms with Crippen LogP contribution in [-0.4, -0.2) is 45.1 Å². The fourth-order valence-electron chi connectivity index (χ4n) is 3.55. The summed E-state index contributed by atoms with van der Waals surface area (Å²) >= 11 is 3.28. The SMILES string of the molecule is [B]/C(=C/C(Br)=C\C#C)CC(=O)N(C)C1COCc2[nH]c(=O)c3cc(C)c([B])cc3c21. The lowest BCUT2D eigenvalue weighted by Gasteiger charge is -2.34. The van der Waals surface area contributed by atoms with Crippen LogP contribution in [0.3, 0.4) is 0 Å². The number of allylic oxidation sites excluding steroid dienone is 3. The zero-order valence-corrected chi connectivity index (χ0v) is 18.4. The Morgan fingerprint density at radius 1 is 1.47 bits per heavy atom. The molecule has 1 unspecified atom stereocenters. The molecule has 5 nitrogen and oxygen atoms in total. The van der Waals surface area contributed by atoms with E-state index in [0.717, 1.165) is 16.5 Å². The molecular formula is C22H19B2BrN2O3. The highest BCUT2D eigenvalue weighted by Crippen LogP contribution is 2.33. The van der Waals surface area contributed by atoms with Gasteiger partial charge in [-0.05, 0) is 18.4 Å². The van der Waals surface area contributed by atoms with E-state index in [1.807, 2.05) is 6.92 Å². The van der Waals surface area contributed by atoms with Crippen molar-refractivity contribution in [2.24, 2.45) is 0 Å². The lowest BCUT2D eigenvalue weighted by atomic mass is 9.86. The van der Waals surface area contributed by atoms with Gasteiger partial charge in [0, 0.05) is 40.7 Å². The minimum atomic E-state index is -0.389. The van der Waals surface area contributed by atoms with Gasteiger partial charge in [0.1, 0.15) is 15.7 Å². The van der Waals surface area contributed by atoms with E-state index in [0.29, 0.717) is 33.1 Å². The number of rotatable bonds is 4. The van der Waals surface area contributed by atoms with Gasteiger partial charge in [-0.25, -0.2) is 0 Å². The second-order valence-electron chi connectivity index (χ2n) is 7.23. The van der Waals surface area contributed by atoms with Crippen LogP contribution >= 0.6 is 15.9 Å². The zero-order valence-electron chi connectivity index (χ0n) is 16.8. The Kier molecular flexibility index (Phi) is 6.74. The van der Waals surface area contributed by atoms with Crippen molar-refractivity contribution in [1.82, 2.24) is 9.88 Å². The predicted molar refractivity (Wildman–Crippen MR) is 124 cm³/mol. The average molecular weight is 461 g/mol. The molecule has 0 spiro atoms. The number of likely N-dealkylation sites (N-methyl/N-ethyl adjacent to an activating group) is 1. The Morgan fingerprint density at radius 2 is 2.20 bits per heavy atom. The second-order valence-corrected chi connectivity index (χ2v) is 8.14. The Hall–Kier alpha value is -2.49. The topological polar surface area (TPSA) is 62.4 Å². The third kappa shape index (κ3) is 4.48. The van der Waals surface area contributed by atoms with E-state index in [2.05, 4.69) is 26.8 Å². The first-order valence-corrected chi connectivity index (χ1v) is 10.1. The summed E-state index contributed by atoms with van der Waals surface area (Å²) in [4.78, 5) is 29.9. The van der Waals surface area contributed by atoms with Gasteiger partial charge < -0.3 is 14.6 Å². The largest absolute Gasteiger partial charge is 0.373 e. The summed E-state index contributed by atoms with van der Waals surface area (Å²) in [7, 11) is 13.8. The van der Waals surface area contributed by atoms with Crippen molar-refractivity contribution in [1.29, 1.82) is 0 Å². The van der Waals surface area contributed by atoms with E-state index in [4.69, 9.17) is 26.9 Å². The van der Waals surface area contributed by atoms with Crippen LogP contribution in [0.4, 0.5) is 0 Å². The molecule has 0 saturated heterocycles. The molecule has 1 atom stereocenters. The number of aromatic amines is 1. The van der Waals surface area contributed by atoms with Crippen molar-refractivity contribution >= 4 is 53.8 Å². The first kappa shape index (κ1) is 22.2. The number of hydrogen-bond donors (Lipinski definition) is 1. The molecule has 1 aromatic carbocycles. The standard InChI is InChI=1S/C22H19B2BrN2O3/c1-4-5-14(25)7-13(23)8-20(28)27(3)19-11-30-10-18-21(19)15-9-17(24)12(2)6-16(15)22(29)26-18/h1,5-7,9,19H,8,10-11H2,2-3H3,(H,26,29)/b13-7+,14-5+. The van der Waals surface area contributed by atoms with E-state index in [1.165, 1.54) is 6.08 Å². The van der Waals surface area contributed by atoms with Crippen LogP contribution in [0.5, 0.6) is 0 Å². The fourth-order valence-corrected chi connectivity index (χ4v) is 3.97. The van der Waals surface area contributed by atoms with Gasteiger partial charge in [-0.1, -0.05) is 45.0 Å². The van der Waals surface area contributed by atoms with Crippen molar-refractivity contribution < 1.29 is 9.53 Å². The van der Waals surface area contributed by atoms with E-state index >= 15 is 0 Å². The smallest absolute Gasteiger partial charge is 0.256 e. The van der Waals surface area contributed by atoms with Crippen molar-refractivity contribution in [3.8, 4) is 12.3 Å². The first-order valence-electron chi connectivity index (χ1n) is 9.29. The van der Waals surface area contributed by atoms with E-state index in [9.17, 15) is 9.59 Å². The van der Waals surface area contributed by atoms with Gasteiger partial charge in [-0.3, -0.25) is 9.59 Å². The molecule has 0 bridgehead atoms. The minimum absolute atomic E-state index is 0.0123. The zero-order chi connectivity index (χ0) is 22.0. The highest BCUT2D eigenvalue weighted by Gasteiger charge is 2.30. The summed E-state index contributed by atoms with van der Waals surface area (Å²) < 4.78 is 6.27. The number of aromatic nitrogens is 1. The number of H-pyrrole nitrogens is 1. The summed E-state index contributed by atoms with van der Waals surface area (Å²) in [5.41, 5.74) is 3.07. The Morgan fingerprint density at radius 3 is 2.90 bits per heavy atom. The van der Waals surface area contributed by atoms with Gasteiger partial charge in [0.25, 0.3) is 5.56 Å². The maximum Gasteiger partial charge on any atom is 0.256 e. The van der Waals surface area contributed by atoms with E-state index < -0.39 is 0 Å². The summed E-state index contributed by atoms with van der Waals surface area (Å²) in [5.74, 6) is 2.19. The van der Waals surface area contributed by atoms with Gasteiger partial charge in [-0.2, -0.15) is 0 Å². The molecule has 30 heavy (non-hydrogen) atoms. The Balaban J connectivity index is 2.00. The summed E-state index contributed by atoms with van der Waals surface area (Å²) in [6.45, 7) is 2.42. The molecule has 0 fully saturated rings. The van der Waals surface area contributed by atoms with Crippen molar-refractivity contribution in [2.45, 2.75) is 26.0 Å². The van der Waals surface area contributed by atoms with E-state index in [-0.39, 0.29) is 30.5 Å². The number of nitrogens with zero attached hydrogens (tertiary/aromatic N) is 1. The molecule has 0 saturated carbocycles. The van der Waals surface area contributed by atoms with Crippen molar-refractivity contribution in [3.05, 3.63) is 61.4 Å². The number of hydrogen-bond acceptors (Lipinski definition) is 3. The lowest BCUT2D eigenvalue weighted by molar-refractivity contribution is -0.133. The number of carbonyl (C=O) groups excluding carboxylic acids is 1. The molecule has 1 N–H and O–H groups in total. The number of amides is 1. The first-order chi connectivity index (χ1) is 14.2. The molecule has 0 aliphatic carbocycles. The highest BCUT2D eigenvalue weighted by atomic mass is 79.9. The van der Waals surface area contributed by atoms with Crippen LogP contribution in [0.1, 0.15) is 29.3 Å². The van der Waals surface area contributed by atoms with Crippen molar-refractivity contribution in [3.63, 3.8) is 0 Å². The summed E-state index contributed by atoms with van der Waals surface area (Å²) in [5, 5.41) is 1.27. The number of ether oxygens (including phenoxy) is 1. The predicted octanol–water partition coefficient (Wildman–Crippen LogP) is 2.01. The van der Waals surface area contributed by atoms with Gasteiger partial charge >= 0.3 is 0 Å². The van der Waals surface area contributed by atoms with Crippen LogP contribution in [0.15, 0.2) is 39.0 Å². The summed E-state index contributed by atoms with van der Waals surface area (Å²) in [6, 6.07) is 3.18. The molecule has 1 amide bonds. The average Bonchev–Trinajstić information content (AvgIpc) is 2.68. The molecule has 3 rings (SSSR count). The molecule has 1 aromatic heterocycles. The van der Waals surface area contributed by atoms with Crippen LogP contribution < -0.4 is 11.0 Å². The van der Waals surface area contributed by atoms with Crippen LogP contribution in [-0.2, 0) is 16.1 Å². The number of carbonyl (C=O) groups is 1. The monoisotopic (exact) mass is 460 g/mol. The number of aryl methyl sites for hydroxylation is 1. The third-order valence-electron chi connectivity index (χ3n) is 5.15. The molecule has 8 heteroatoms. The van der Waals surface area contributed by atoms with Gasteiger partial charge in [0.15, 0.2) is 0 Å². The number of fused-ring (bicyclic) bond motifs is 3. The maximum absolute atomic E-state index is 12.9. The van der Waals surface area contributed by atoms with Crippen LogP contribution in [0.2, 0.25) is 0 Å². The maximum atomic E-state index is 12.9. The second kappa shape index (κ2) is 9.11. The van der Waals surface area contributed by atoms with Crippen LogP contribution in [0.25, 0.3) is 10.8 Å². The van der Waals surface area contributed by atoms with Gasteiger partial charge in [0.2, 0.25) is 5.91 Å². The normalized spacial score (nSPS) is 16.8. The van der Waals surface area contributed by atoms with E-state index in [1.54, 1.807) is 30.2 Å². The quantitative estimate of drug-likeness (QED) is 0.431. The van der Waals surface area contributed by atoms with Gasteiger partial charge in [-0.15, -0.1) is 11.9 Å². The lowest BCUT2D eigenvalue weighted by Crippen LogP contribution is -2.37. The third-order valence-corrected chi connectivity index (χ3v) is 5.60. The van der Waals surface area contributed by atoms with Crippen molar-refractivity contribution in [2.75, 3.05) is 13.7 Å². The van der Waals surface area contributed by atoms with Crippen LogP contribution in [0, 0.1) is 19.3 Å². The number of nitrogens with one attached hydrogen (secondary N) is 1. The highest BCUT2D eigenvalue weighted by molar-refractivity contribution is 9.11. The molecule has 1 aliphatic rings. The Labute approximate surface area is 186 Å². The summed E-state index contributed by atoms with van der Waals surface area (Å²) in [6.07, 6.45) is 8.34. The number of halogens is 1. The number of pyridine rings is 1. The van der Waals surface area contributed by atoms with Gasteiger partial charge in [0.05, 0.1) is 19.3 Å². The molecule has 2 aromatic rings. The molecule has 4 radical (unpaired) electrons. The molecule has 1 aliphatic heterocycles. The molecular weight excluding hydrogens is 442 g/mol. The minimum Gasteiger partial charge on any atom is -0.373 e. The fraction of sp³-hybridized carbons (Fsp3) is 0.273. The number of terminal acetylenes is 1. The Bertz CT molecular complexity index is 1180. The molecule has 148 valence electrons. The number of benzene rings is 1.